The highest BCUT2D eigenvalue weighted by molar-refractivity contribution is 5.70. The molecule has 5 nitrogen and oxygen atoms in total. The minimum atomic E-state index is -0.808. The van der Waals surface area contributed by atoms with E-state index in [1.807, 2.05) is 0 Å². The summed E-state index contributed by atoms with van der Waals surface area (Å²) in [5, 5.41) is 9.51. The van der Waals surface area contributed by atoms with Gasteiger partial charge in [-0.25, -0.2) is 0 Å². The molecular weight excluding hydrogens is 548 g/mol. The van der Waals surface area contributed by atoms with Gasteiger partial charge in [0.25, 0.3) is 0 Å². The van der Waals surface area contributed by atoms with E-state index in [-0.39, 0.29) is 25.2 Å². The molecule has 0 unspecified atom stereocenters. The molecule has 1 atom stereocenters. The van der Waals surface area contributed by atoms with Gasteiger partial charge in [-0.2, -0.15) is 0 Å². The molecule has 0 aromatic heterocycles. The number of esters is 2. The third-order valence-electron chi connectivity index (χ3n) is 6.97. The van der Waals surface area contributed by atoms with Crippen LogP contribution in [-0.4, -0.2) is 36.4 Å². The number of aliphatic hydroxyl groups is 1. The minimum absolute atomic E-state index is 0.105. The number of rotatable bonds is 30. The lowest BCUT2D eigenvalue weighted by molar-refractivity contribution is -0.161. The second kappa shape index (κ2) is 34.8. The summed E-state index contributed by atoms with van der Waals surface area (Å²) in [6.45, 7) is 3.98. The van der Waals surface area contributed by atoms with Crippen molar-refractivity contribution in [3.8, 4) is 0 Å². The van der Waals surface area contributed by atoms with Crippen molar-refractivity contribution in [3.05, 3.63) is 72.9 Å². The Kier molecular flexibility index (Phi) is 32.7. The number of hydrogen-bond acceptors (Lipinski definition) is 5. The molecule has 0 saturated carbocycles. The second-order valence-electron chi connectivity index (χ2n) is 11.2. The molecule has 44 heavy (non-hydrogen) atoms. The van der Waals surface area contributed by atoms with Crippen LogP contribution in [0.4, 0.5) is 0 Å². The summed E-state index contributed by atoms with van der Waals surface area (Å²) in [5.74, 6) is -0.690. The van der Waals surface area contributed by atoms with Crippen molar-refractivity contribution in [1.82, 2.24) is 0 Å². The average Bonchev–Trinajstić information content (AvgIpc) is 3.02. The van der Waals surface area contributed by atoms with Gasteiger partial charge in [0, 0.05) is 12.8 Å². The van der Waals surface area contributed by atoms with E-state index in [2.05, 4.69) is 86.8 Å². The van der Waals surface area contributed by atoms with E-state index in [1.54, 1.807) is 0 Å². The quantitative estimate of drug-likeness (QED) is 0.0496. The molecule has 0 aliphatic carbocycles. The lowest BCUT2D eigenvalue weighted by Gasteiger charge is -2.15. The fraction of sp³-hybridized carbons (Fsp3) is 0.641. The third-order valence-corrected chi connectivity index (χ3v) is 6.97. The Balaban J connectivity index is 3.76. The molecule has 0 aromatic rings. The van der Waals surface area contributed by atoms with Crippen LogP contribution in [0.5, 0.6) is 0 Å². The highest BCUT2D eigenvalue weighted by Gasteiger charge is 2.15. The van der Waals surface area contributed by atoms with Crippen LogP contribution in [0, 0.1) is 0 Å². The fourth-order valence-electron chi connectivity index (χ4n) is 4.27. The van der Waals surface area contributed by atoms with Crippen molar-refractivity contribution < 1.29 is 24.2 Å². The predicted molar refractivity (Wildman–Crippen MR) is 186 cm³/mol. The topological polar surface area (TPSA) is 72.8 Å². The smallest absolute Gasteiger partial charge is 0.306 e. The molecule has 0 fully saturated rings. The van der Waals surface area contributed by atoms with Crippen LogP contribution in [0.25, 0.3) is 0 Å². The highest BCUT2D eigenvalue weighted by atomic mass is 16.6. The van der Waals surface area contributed by atoms with Gasteiger partial charge < -0.3 is 14.6 Å². The highest BCUT2D eigenvalue weighted by Crippen LogP contribution is 2.08. The zero-order valence-electron chi connectivity index (χ0n) is 28.1. The Morgan fingerprint density at radius 1 is 0.523 bits per heavy atom. The van der Waals surface area contributed by atoms with Gasteiger partial charge in [0.05, 0.1) is 6.61 Å². The number of allylic oxidation sites excluding steroid dienone is 12. The SMILES string of the molecule is CCCCC/C=C\C/C=C\C/C=C\CCCCC(=O)OC[C@@H](CO)OC(=O)CCCC/C=C\C/C=C\C/C=C\CCCCC. The molecule has 0 saturated heterocycles. The van der Waals surface area contributed by atoms with Crippen LogP contribution in [0.1, 0.15) is 142 Å². The maximum absolute atomic E-state index is 12.1. The lowest BCUT2D eigenvalue weighted by Crippen LogP contribution is -2.28. The van der Waals surface area contributed by atoms with E-state index in [0.29, 0.717) is 12.8 Å². The summed E-state index contributed by atoms with van der Waals surface area (Å²) in [5.41, 5.74) is 0. The average molecular weight is 613 g/mol. The number of unbranched alkanes of at least 4 members (excludes halogenated alkanes) is 10. The Morgan fingerprint density at radius 3 is 1.27 bits per heavy atom. The zero-order valence-corrected chi connectivity index (χ0v) is 28.1. The van der Waals surface area contributed by atoms with Crippen LogP contribution in [0.2, 0.25) is 0 Å². The standard InChI is InChI=1S/C39H64O5/c1-3-5-7-9-11-13-15-17-19-21-23-25-27-29-31-33-38(41)43-36-37(35-40)44-39(42)34-32-30-28-26-24-22-20-18-16-14-12-10-8-6-4-2/h11-14,17-20,23-26,37,40H,3-10,15-16,21-22,27-36H2,1-2H3/b13-11-,14-12-,19-17-,20-18-,25-23-,26-24-/t37-/m1/s1. The summed E-state index contributed by atoms with van der Waals surface area (Å²) in [6, 6.07) is 0. The maximum Gasteiger partial charge on any atom is 0.306 e. The largest absolute Gasteiger partial charge is 0.462 e. The molecule has 0 rings (SSSR count). The third kappa shape index (κ3) is 32.3. The fourth-order valence-corrected chi connectivity index (χ4v) is 4.27. The van der Waals surface area contributed by atoms with E-state index >= 15 is 0 Å². The Morgan fingerprint density at radius 2 is 0.886 bits per heavy atom. The van der Waals surface area contributed by atoms with Crippen LogP contribution >= 0.6 is 0 Å². The molecule has 250 valence electrons. The Bertz CT molecular complexity index is 833. The number of hydrogen-bond donors (Lipinski definition) is 1. The molecule has 1 N–H and O–H groups in total. The van der Waals surface area contributed by atoms with Gasteiger partial charge in [0.1, 0.15) is 6.61 Å². The van der Waals surface area contributed by atoms with Crippen molar-refractivity contribution in [2.24, 2.45) is 0 Å². The van der Waals surface area contributed by atoms with Crippen molar-refractivity contribution in [1.29, 1.82) is 0 Å². The van der Waals surface area contributed by atoms with Crippen LogP contribution < -0.4 is 0 Å². The Hall–Kier alpha value is -2.66. The first-order valence-electron chi connectivity index (χ1n) is 17.5. The molecule has 0 heterocycles. The summed E-state index contributed by atoms with van der Waals surface area (Å²) in [6.07, 6.45) is 45.2. The van der Waals surface area contributed by atoms with Gasteiger partial charge in [0.2, 0.25) is 0 Å². The second-order valence-corrected chi connectivity index (χ2v) is 11.2. The van der Waals surface area contributed by atoms with Crippen molar-refractivity contribution >= 4 is 11.9 Å². The molecule has 0 aliphatic rings. The molecule has 0 aromatic carbocycles. The molecule has 0 amide bonds. The van der Waals surface area contributed by atoms with Crippen LogP contribution in [-0.2, 0) is 19.1 Å². The van der Waals surface area contributed by atoms with Gasteiger partial charge in [-0.3, -0.25) is 9.59 Å². The molecule has 5 heteroatoms. The lowest BCUT2D eigenvalue weighted by atomic mass is 10.1. The van der Waals surface area contributed by atoms with E-state index in [0.717, 1.165) is 64.2 Å². The van der Waals surface area contributed by atoms with E-state index in [4.69, 9.17) is 9.47 Å². The maximum atomic E-state index is 12.1. The first-order valence-corrected chi connectivity index (χ1v) is 17.5. The summed E-state index contributed by atoms with van der Waals surface area (Å²) in [4.78, 5) is 24.1. The zero-order chi connectivity index (χ0) is 32.2. The van der Waals surface area contributed by atoms with Gasteiger partial charge in [0.15, 0.2) is 6.10 Å². The number of ether oxygens (including phenoxy) is 2. The summed E-state index contributed by atoms with van der Waals surface area (Å²) < 4.78 is 10.5. The van der Waals surface area contributed by atoms with E-state index in [1.165, 1.54) is 51.4 Å². The van der Waals surface area contributed by atoms with Gasteiger partial charge in [-0.05, 0) is 89.9 Å². The van der Waals surface area contributed by atoms with Crippen molar-refractivity contribution in [3.63, 3.8) is 0 Å². The van der Waals surface area contributed by atoms with Crippen LogP contribution in [0.15, 0.2) is 72.9 Å². The van der Waals surface area contributed by atoms with Crippen molar-refractivity contribution in [2.45, 2.75) is 148 Å². The first-order chi connectivity index (χ1) is 21.6. The van der Waals surface area contributed by atoms with E-state index in [9.17, 15) is 14.7 Å². The molecular formula is C39H64O5. The van der Waals surface area contributed by atoms with Gasteiger partial charge in [-0.15, -0.1) is 0 Å². The van der Waals surface area contributed by atoms with E-state index < -0.39 is 6.10 Å². The molecule has 0 spiro atoms. The number of carbonyl (C=O) groups excluding carboxylic acids is 2. The Labute approximate surface area is 270 Å². The first kappa shape index (κ1) is 41.3. The monoisotopic (exact) mass is 612 g/mol. The van der Waals surface area contributed by atoms with Crippen LogP contribution in [0.3, 0.4) is 0 Å². The van der Waals surface area contributed by atoms with Crippen molar-refractivity contribution in [2.75, 3.05) is 13.2 Å². The summed E-state index contributed by atoms with van der Waals surface area (Å²) >= 11 is 0. The number of carbonyl (C=O) groups is 2. The predicted octanol–water partition coefficient (Wildman–Crippen LogP) is 10.6. The summed E-state index contributed by atoms with van der Waals surface area (Å²) in [7, 11) is 0. The minimum Gasteiger partial charge on any atom is -0.462 e. The molecule has 0 bridgehead atoms. The van der Waals surface area contributed by atoms with Gasteiger partial charge >= 0.3 is 11.9 Å². The van der Waals surface area contributed by atoms with Gasteiger partial charge in [-0.1, -0.05) is 112 Å². The number of aliphatic hydroxyl groups excluding tert-OH is 1. The normalized spacial score (nSPS) is 13.1. The molecule has 0 radical (unpaired) electrons. The molecule has 0 aliphatic heterocycles.